The van der Waals surface area contributed by atoms with Crippen LogP contribution in [-0.2, 0) is 27.3 Å². The van der Waals surface area contributed by atoms with Gasteiger partial charge in [0, 0.05) is 70.4 Å². The lowest BCUT2D eigenvalue weighted by Gasteiger charge is -2.40. The van der Waals surface area contributed by atoms with E-state index in [1.807, 2.05) is 12.4 Å². The summed E-state index contributed by atoms with van der Waals surface area (Å²) < 4.78 is 7.53. The van der Waals surface area contributed by atoms with Crippen LogP contribution in [0.4, 0.5) is 0 Å². The highest BCUT2D eigenvalue weighted by atomic mass is 16.5. The second kappa shape index (κ2) is 16.7. The van der Waals surface area contributed by atoms with Gasteiger partial charge in [-0.3, -0.25) is 9.59 Å². The van der Waals surface area contributed by atoms with Gasteiger partial charge in [0.25, 0.3) is 5.91 Å². The van der Waals surface area contributed by atoms with Crippen molar-refractivity contribution in [3.05, 3.63) is 36.4 Å². The molecule has 3 aliphatic heterocycles. The van der Waals surface area contributed by atoms with Crippen molar-refractivity contribution in [2.24, 2.45) is 11.3 Å². The fraction of sp³-hybridized carbons (Fsp3) is 0.765. The molecule has 2 N–H and O–H groups in total. The molecule has 250 valence electrons. The Kier molecular flexibility index (Phi) is 12.5. The Bertz CT molecular complexity index is 1170. The van der Waals surface area contributed by atoms with Crippen molar-refractivity contribution in [1.82, 2.24) is 39.5 Å². The number of aryl methyl sites for hydroxylation is 1. The summed E-state index contributed by atoms with van der Waals surface area (Å²) in [5, 5.41) is 3.68. The average Bonchev–Trinajstić information content (AvgIpc) is 3.85. The first-order chi connectivity index (χ1) is 21.9. The van der Waals surface area contributed by atoms with Gasteiger partial charge in [0.15, 0.2) is 6.61 Å². The van der Waals surface area contributed by atoms with Crippen molar-refractivity contribution in [3.8, 4) is 0 Å². The number of amides is 1. The molecule has 0 aromatic carbocycles. The van der Waals surface area contributed by atoms with Gasteiger partial charge < -0.3 is 34.3 Å². The average molecular weight is 625 g/mol. The first-order valence-electron chi connectivity index (χ1n) is 17.5. The number of imidazole rings is 2. The van der Waals surface area contributed by atoms with Gasteiger partial charge in [-0.15, -0.1) is 0 Å². The Morgan fingerprint density at radius 1 is 0.978 bits per heavy atom. The van der Waals surface area contributed by atoms with Gasteiger partial charge >= 0.3 is 5.97 Å². The zero-order valence-corrected chi connectivity index (χ0v) is 27.7. The van der Waals surface area contributed by atoms with Crippen molar-refractivity contribution >= 4 is 11.9 Å². The fourth-order valence-corrected chi connectivity index (χ4v) is 7.44. The molecule has 0 aliphatic carbocycles. The lowest BCUT2D eigenvalue weighted by atomic mass is 9.77. The molecule has 1 amide bonds. The predicted molar refractivity (Wildman–Crippen MR) is 175 cm³/mol. The van der Waals surface area contributed by atoms with Gasteiger partial charge in [-0.1, -0.05) is 13.8 Å². The number of H-pyrrole nitrogens is 1. The number of aromatic amines is 1. The predicted octanol–water partition coefficient (Wildman–Crippen LogP) is 3.65. The van der Waals surface area contributed by atoms with E-state index in [1.54, 1.807) is 11.1 Å². The van der Waals surface area contributed by atoms with Crippen LogP contribution in [0.15, 0.2) is 24.8 Å². The van der Waals surface area contributed by atoms with E-state index in [1.165, 1.54) is 52.0 Å². The van der Waals surface area contributed by atoms with E-state index in [9.17, 15) is 9.59 Å². The van der Waals surface area contributed by atoms with Crippen LogP contribution < -0.4 is 5.32 Å². The van der Waals surface area contributed by atoms with Crippen LogP contribution in [0.2, 0.25) is 0 Å². The minimum Gasteiger partial charge on any atom is -0.456 e. The van der Waals surface area contributed by atoms with Gasteiger partial charge in [0.1, 0.15) is 11.6 Å². The van der Waals surface area contributed by atoms with Crippen molar-refractivity contribution in [1.29, 1.82) is 0 Å². The number of ether oxygens (including phenoxy) is 1. The van der Waals surface area contributed by atoms with Crippen LogP contribution in [0.1, 0.15) is 89.3 Å². The number of unbranched alkanes of at least 4 members (excludes halogenated alkanes) is 1. The second-order valence-electron chi connectivity index (χ2n) is 14.0. The molecule has 5 heterocycles. The molecule has 1 spiro atoms. The summed E-state index contributed by atoms with van der Waals surface area (Å²) in [7, 11) is 0. The van der Waals surface area contributed by atoms with Gasteiger partial charge in [-0.05, 0) is 95.4 Å². The number of likely N-dealkylation sites (tertiary alicyclic amines) is 3. The lowest BCUT2D eigenvalue weighted by molar-refractivity contribution is -0.151. The molecule has 1 atom stereocenters. The quantitative estimate of drug-likeness (QED) is 0.203. The molecular formula is C34H56N8O3. The molecule has 0 bridgehead atoms. The number of hydrogen-bond donors (Lipinski definition) is 2. The van der Waals surface area contributed by atoms with Gasteiger partial charge in [0.05, 0.1) is 6.04 Å². The molecular weight excluding hydrogens is 568 g/mol. The van der Waals surface area contributed by atoms with Crippen LogP contribution in [0, 0.1) is 11.3 Å². The topological polar surface area (TPSA) is 112 Å². The first kappa shape index (κ1) is 33.6. The molecule has 3 fully saturated rings. The van der Waals surface area contributed by atoms with Crippen LogP contribution >= 0.6 is 0 Å². The van der Waals surface area contributed by atoms with Crippen LogP contribution in [0.25, 0.3) is 0 Å². The largest absolute Gasteiger partial charge is 0.456 e. The minimum atomic E-state index is -0.300. The summed E-state index contributed by atoms with van der Waals surface area (Å²) in [5.74, 6) is 2.32. The van der Waals surface area contributed by atoms with E-state index in [0.29, 0.717) is 24.7 Å². The monoisotopic (exact) mass is 624 g/mol. The number of esters is 1. The van der Waals surface area contributed by atoms with E-state index >= 15 is 0 Å². The molecule has 3 saturated heterocycles. The standard InChI is InChI=1S/C34H56N8O3/c1-28(2)25-39-20-9-34(10-21-39)11-22-40(27-34)16-7-19-42-23-15-38-33(42)29(24-30-36-13-14-37-30)35-12-4-3-8-32(44)45-26-31(43)41-17-5-6-18-41/h13-15,23,28-29,35H,3-12,16-22,24-27H2,1-2H3,(H,36,37). The third kappa shape index (κ3) is 10.1. The Morgan fingerprint density at radius 3 is 2.49 bits per heavy atom. The molecule has 2 aromatic rings. The number of carbonyl (C=O) groups is 2. The zero-order valence-electron chi connectivity index (χ0n) is 27.7. The van der Waals surface area contributed by atoms with Crippen LogP contribution in [0.5, 0.6) is 0 Å². The summed E-state index contributed by atoms with van der Waals surface area (Å²) in [6.45, 7) is 15.1. The maximum absolute atomic E-state index is 12.2. The maximum Gasteiger partial charge on any atom is 0.306 e. The molecule has 11 nitrogen and oxygen atoms in total. The number of rotatable bonds is 17. The van der Waals surface area contributed by atoms with Crippen LogP contribution in [-0.4, -0.2) is 112 Å². The first-order valence-corrected chi connectivity index (χ1v) is 17.5. The zero-order chi connectivity index (χ0) is 31.5. The maximum atomic E-state index is 12.2. The number of aromatic nitrogens is 4. The summed E-state index contributed by atoms with van der Waals surface area (Å²) in [5.41, 5.74) is 0.535. The molecule has 0 radical (unpaired) electrons. The van der Waals surface area contributed by atoms with E-state index in [-0.39, 0.29) is 24.5 Å². The fourth-order valence-electron chi connectivity index (χ4n) is 7.44. The van der Waals surface area contributed by atoms with Crippen LogP contribution in [0.3, 0.4) is 0 Å². The number of nitrogens with zero attached hydrogens (tertiary/aromatic N) is 6. The van der Waals surface area contributed by atoms with E-state index in [4.69, 9.17) is 9.72 Å². The van der Waals surface area contributed by atoms with Gasteiger partial charge in [-0.25, -0.2) is 9.97 Å². The third-order valence-corrected chi connectivity index (χ3v) is 9.96. The molecule has 1 unspecified atom stereocenters. The SMILES string of the molecule is CC(C)CN1CCC2(CC1)CCN(CCCn1ccnc1C(Cc1ncc[nH]1)NCCCCC(=O)OCC(=O)N1CCCC1)C2. The highest BCUT2D eigenvalue weighted by Crippen LogP contribution is 2.40. The Morgan fingerprint density at radius 2 is 1.76 bits per heavy atom. The number of nitrogens with one attached hydrogen (secondary N) is 2. The summed E-state index contributed by atoms with van der Waals surface area (Å²) in [6.07, 6.45) is 17.4. The summed E-state index contributed by atoms with van der Waals surface area (Å²) in [6, 6.07) is 0.0160. The molecule has 3 aliphatic rings. The summed E-state index contributed by atoms with van der Waals surface area (Å²) in [4.78, 5) is 43.9. The molecule has 5 rings (SSSR count). The number of carbonyl (C=O) groups excluding carboxylic acids is 2. The van der Waals surface area contributed by atoms with Crippen molar-refractivity contribution < 1.29 is 14.3 Å². The Balaban J connectivity index is 1.03. The third-order valence-electron chi connectivity index (χ3n) is 9.96. The number of piperidine rings is 1. The minimum absolute atomic E-state index is 0.0160. The molecule has 11 heteroatoms. The highest BCUT2D eigenvalue weighted by molar-refractivity contribution is 5.80. The smallest absolute Gasteiger partial charge is 0.306 e. The molecule has 0 saturated carbocycles. The highest BCUT2D eigenvalue weighted by Gasteiger charge is 2.40. The van der Waals surface area contributed by atoms with E-state index < -0.39 is 0 Å². The normalized spacial score (nSPS) is 19.6. The lowest BCUT2D eigenvalue weighted by Crippen LogP contribution is -2.42. The van der Waals surface area contributed by atoms with Gasteiger partial charge in [0.2, 0.25) is 0 Å². The molecule has 45 heavy (non-hydrogen) atoms. The Hall–Kier alpha value is -2.76. The second-order valence-corrected chi connectivity index (χ2v) is 14.0. The summed E-state index contributed by atoms with van der Waals surface area (Å²) >= 11 is 0. The Labute approximate surface area is 269 Å². The van der Waals surface area contributed by atoms with E-state index in [0.717, 1.165) is 76.0 Å². The van der Waals surface area contributed by atoms with Gasteiger partial charge in [-0.2, -0.15) is 0 Å². The molecule has 2 aromatic heterocycles. The van der Waals surface area contributed by atoms with Crippen molar-refractivity contribution in [3.63, 3.8) is 0 Å². The van der Waals surface area contributed by atoms with Crippen molar-refractivity contribution in [2.45, 2.75) is 90.6 Å². The van der Waals surface area contributed by atoms with Crippen molar-refractivity contribution in [2.75, 3.05) is 65.5 Å². The van der Waals surface area contributed by atoms with E-state index in [2.05, 4.69) is 49.7 Å². The number of hydrogen-bond acceptors (Lipinski definition) is 8.